The molecule has 0 bridgehead atoms. The van der Waals surface area contributed by atoms with Crippen LogP contribution in [0, 0.1) is 0 Å². The number of amides is 1. The molecular weight excluding hydrogens is 331 g/mol. The quantitative estimate of drug-likeness (QED) is 0.694. The first-order chi connectivity index (χ1) is 11.9. The summed E-state index contributed by atoms with van der Waals surface area (Å²) >= 11 is 0. The van der Waals surface area contributed by atoms with E-state index >= 15 is 0 Å². The molecule has 0 aliphatic heterocycles. The Morgan fingerprint density at radius 1 is 1.08 bits per heavy atom. The minimum atomic E-state index is -4.40. The summed E-state index contributed by atoms with van der Waals surface area (Å²) in [6, 6.07) is 7.66. The standard InChI is InChI=1S/C18H20F3N3O/c1-2-3-4-10-22-15-9-11-23-16(12-15)17(25)24-14-7-5-13(6-8-14)18(19,20)21/h5-9,11-12H,2-4,10H2,1H3,(H,22,23)(H,24,25). The predicted molar refractivity (Wildman–Crippen MR) is 91.6 cm³/mol. The summed E-state index contributed by atoms with van der Waals surface area (Å²) in [5.74, 6) is -0.475. The van der Waals surface area contributed by atoms with Crippen LogP contribution in [-0.4, -0.2) is 17.4 Å². The number of aromatic nitrogens is 1. The minimum Gasteiger partial charge on any atom is -0.385 e. The summed E-state index contributed by atoms with van der Waals surface area (Å²) in [4.78, 5) is 16.2. The predicted octanol–water partition coefficient (Wildman–Crippen LogP) is 4.95. The highest BCUT2D eigenvalue weighted by molar-refractivity contribution is 6.03. The van der Waals surface area contributed by atoms with Gasteiger partial charge >= 0.3 is 6.18 Å². The second kappa shape index (κ2) is 8.50. The number of halogens is 3. The van der Waals surface area contributed by atoms with E-state index in [9.17, 15) is 18.0 Å². The Balaban J connectivity index is 1.98. The third-order valence-corrected chi connectivity index (χ3v) is 3.57. The van der Waals surface area contributed by atoms with Crippen molar-refractivity contribution >= 4 is 17.3 Å². The zero-order valence-electron chi connectivity index (χ0n) is 13.9. The first kappa shape index (κ1) is 18.8. The van der Waals surface area contributed by atoms with Crippen LogP contribution < -0.4 is 10.6 Å². The smallest absolute Gasteiger partial charge is 0.385 e. The molecule has 2 N–H and O–H groups in total. The van der Waals surface area contributed by atoms with Gasteiger partial charge in [-0.05, 0) is 42.8 Å². The molecule has 0 saturated carbocycles. The van der Waals surface area contributed by atoms with E-state index in [1.807, 2.05) is 0 Å². The van der Waals surface area contributed by atoms with Gasteiger partial charge < -0.3 is 10.6 Å². The van der Waals surface area contributed by atoms with Gasteiger partial charge in [0.25, 0.3) is 5.91 Å². The lowest BCUT2D eigenvalue weighted by Crippen LogP contribution is -2.14. The second-order valence-electron chi connectivity index (χ2n) is 5.59. The Hall–Kier alpha value is -2.57. The Morgan fingerprint density at radius 3 is 2.44 bits per heavy atom. The van der Waals surface area contributed by atoms with E-state index in [2.05, 4.69) is 22.5 Å². The van der Waals surface area contributed by atoms with Crippen LogP contribution in [0.4, 0.5) is 24.5 Å². The molecule has 4 nitrogen and oxygen atoms in total. The third kappa shape index (κ3) is 5.77. The van der Waals surface area contributed by atoms with Crippen molar-refractivity contribution in [3.8, 4) is 0 Å². The molecule has 2 rings (SSSR count). The van der Waals surface area contributed by atoms with Crippen LogP contribution in [0.25, 0.3) is 0 Å². The van der Waals surface area contributed by atoms with Gasteiger partial charge in [0.15, 0.2) is 0 Å². The number of rotatable bonds is 7. The number of hydrogen-bond donors (Lipinski definition) is 2. The van der Waals surface area contributed by atoms with E-state index in [1.165, 1.54) is 18.3 Å². The van der Waals surface area contributed by atoms with Gasteiger partial charge in [-0.1, -0.05) is 19.8 Å². The van der Waals surface area contributed by atoms with Crippen LogP contribution in [0.3, 0.4) is 0 Å². The number of hydrogen-bond acceptors (Lipinski definition) is 3. The van der Waals surface area contributed by atoms with Gasteiger partial charge in [0.1, 0.15) is 5.69 Å². The van der Waals surface area contributed by atoms with Crippen molar-refractivity contribution in [2.24, 2.45) is 0 Å². The van der Waals surface area contributed by atoms with Crippen molar-refractivity contribution in [3.05, 3.63) is 53.9 Å². The fraction of sp³-hybridized carbons (Fsp3) is 0.333. The van der Waals surface area contributed by atoms with Crippen LogP contribution in [0.2, 0.25) is 0 Å². The number of carbonyl (C=O) groups is 1. The highest BCUT2D eigenvalue weighted by Crippen LogP contribution is 2.29. The van der Waals surface area contributed by atoms with E-state index < -0.39 is 17.6 Å². The molecule has 0 saturated heterocycles. The summed E-state index contributed by atoms with van der Waals surface area (Å²) in [6.07, 6.45) is 0.399. The number of nitrogens with one attached hydrogen (secondary N) is 2. The highest BCUT2D eigenvalue weighted by Gasteiger charge is 2.30. The molecule has 134 valence electrons. The zero-order valence-corrected chi connectivity index (χ0v) is 13.9. The molecule has 0 fully saturated rings. The Kier molecular flexibility index (Phi) is 6.38. The van der Waals surface area contributed by atoms with Crippen LogP contribution in [0.15, 0.2) is 42.6 Å². The Morgan fingerprint density at radius 2 is 1.80 bits per heavy atom. The lowest BCUT2D eigenvalue weighted by Gasteiger charge is -2.10. The topological polar surface area (TPSA) is 54.0 Å². The summed E-state index contributed by atoms with van der Waals surface area (Å²) in [6.45, 7) is 2.92. The highest BCUT2D eigenvalue weighted by atomic mass is 19.4. The fourth-order valence-electron chi connectivity index (χ4n) is 2.21. The maximum Gasteiger partial charge on any atom is 0.416 e. The lowest BCUT2D eigenvalue weighted by atomic mass is 10.2. The molecular formula is C18H20F3N3O. The van der Waals surface area contributed by atoms with E-state index in [0.29, 0.717) is 0 Å². The monoisotopic (exact) mass is 351 g/mol. The summed E-state index contributed by atoms with van der Waals surface area (Å²) in [5, 5.41) is 5.76. The van der Waals surface area contributed by atoms with Gasteiger partial charge in [0.2, 0.25) is 0 Å². The average molecular weight is 351 g/mol. The average Bonchev–Trinajstić information content (AvgIpc) is 2.59. The van der Waals surface area contributed by atoms with Crippen LogP contribution in [0.1, 0.15) is 42.2 Å². The van der Waals surface area contributed by atoms with Crippen LogP contribution >= 0.6 is 0 Å². The molecule has 0 aliphatic rings. The maximum atomic E-state index is 12.5. The minimum absolute atomic E-state index is 0.195. The fourth-order valence-corrected chi connectivity index (χ4v) is 2.21. The molecule has 1 amide bonds. The number of benzene rings is 1. The van der Waals surface area contributed by atoms with Crippen molar-refractivity contribution in [1.29, 1.82) is 0 Å². The molecule has 1 heterocycles. The molecule has 0 radical (unpaired) electrons. The van der Waals surface area contributed by atoms with Crippen molar-refractivity contribution in [2.75, 3.05) is 17.2 Å². The van der Waals surface area contributed by atoms with Crippen molar-refractivity contribution < 1.29 is 18.0 Å². The van der Waals surface area contributed by atoms with Gasteiger partial charge in [-0.15, -0.1) is 0 Å². The van der Waals surface area contributed by atoms with E-state index in [4.69, 9.17) is 0 Å². The summed E-state index contributed by atoms with van der Waals surface area (Å²) < 4.78 is 37.6. The van der Waals surface area contributed by atoms with Crippen molar-refractivity contribution in [2.45, 2.75) is 32.4 Å². The summed E-state index contributed by atoms with van der Waals surface area (Å²) in [7, 11) is 0. The first-order valence-corrected chi connectivity index (χ1v) is 8.08. The number of nitrogens with zero attached hydrogens (tertiary/aromatic N) is 1. The SMILES string of the molecule is CCCCCNc1ccnc(C(=O)Nc2ccc(C(F)(F)F)cc2)c1. The van der Waals surface area contributed by atoms with Gasteiger partial charge in [0, 0.05) is 24.1 Å². The number of unbranched alkanes of at least 4 members (excludes halogenated alkanes) is 2. The van der Waals surface area contributed by atoms with Crippen LogP contribution in [-0.2, 0) is 6.18 Å². The lowest BCUT2D eigenvalue weighted by molar-refractivity contribution is -0.137. The molecule has 25 heavy (non-hydrogen) atoms. The maximum absolute atomic E-state index is 12.5. The van der Waals surface area contributed by atoms with Gasteiger partial charge in [0.05, 0.1) is 5.56 Å². The number of pyridine rings is 1. The summed E-state index contributed by atoms with van der Waals surface area (Å²) in [5.41, 5.74) is 0.493. The molecule has 0 unspecified atom stereocenters. The van der Waals surface area contributed by atoms with Gasteiger partial charge in [-0.3, -0.25) is 9.78 Å². The molecule has 0 aliphatic carbocycles. The molecule has 2 aromatic rings. The molecule has 0 atom stereocenters. The van der Waals surface area contributed by atoms with Crippen LogP contribution in [0.5, 0.6) is 0 Å². The zero-order chi connectivity index (χ0) is 18.3. The third-order valence-electron chi connectivity index (χ3n) is 3.57. The largest absolute Gasteiger partial charge is 0.416 e. The Labute approximate surface area is 144 Å². The van der Waals surface area contributed by atoms with Gasteiger partial charge in [-0.2, -0.15) is 13.2 Å². The molecule has 1 aromatic carbocycles. The number of alkyl halides is 3. The van der Waals surface area contributed by atoms with Crippen molar-refractivity contribution in [3.63, 3.8) is 0 Å². The molecule has 1 aromatic heterocycles. The first-order valence-electron chi connectivity index (χ1n) is 8.08. The molecule has 0 spiro atoms. The van der Waals surface area contributed by atoms with E-state index in [0.717, 1.165) is 43.6 Å². The molecule has 7 heteroatoms. The normalized spacial score (nSPS) is 11.2. The number of carbonyl (C=O) groups excluding carboxylic acids is 1. The van der Waals surface area contributed by atoms with E-state index in [1.54, 1.807) is 12.1 Å². The second-order valence-corrected chi connectivity index (χ2v) is 5.59. The van der Waals surface area contributed by atoms with E-state index in [-0.39, 0.29) is 11.4 Å². The Bertz CT molecular complexity index is 699. The number of anilines is 2. The van der Waals surface area contributed by atoms with Crippen molar-refractivity contribution in [1.82, 2.24) is 4.98 Å². The van der Waals surface area contributed by atoms with Gasteiger partial charge in [-0.25, -0.2) is 0 Å².